The van der Waals surface area contributed by atoms with Crippen LogP contribution in [0.2, 0.25) is 0 Å². The van der Waals surface area contributed by atoms with E-state index in [9.17, 15) is 13.2 Å². The van der Waals surface area contributed by atoms with Crippen LogP contribution in [-0.2, 0) is 14.8 Å². The highest BCUT2D eigenvalue weighted by molar-refractivity contribution is 7.90. The third-order valence-electron chi connectivity index (χ3n) is 4.46. The van der Waals surface area contributed by atoms with Crippen LogP contribution in [0.5, 0.6) is 0 Å². The molecule has 2 aromatic rings. The fourth-order valence-corrected chi connectivity index (χ4v) is 4.59. The van der Waals surface area contributed by atoms with Crippen LogP contribution >= 0.6 is 0 Å². The molecule has 0 aliphatic carbocycles. The molecule has 1 amide bonds. The summed E-state index contributed by atoms with van der Waals surface area (Å²) in [6.07, 6.45) is 0.573. The fraction of sp³-hybridized carbons (Fsp3) is 0.333. The highest BCUT2D eigenvalue weighted by Crippen LogP contribution is 2.32. The number of rotatable bonds is 5. The van der Waals surface area contributed by atoms with Crippen LogP contribution < -0.4 is 10.6 Å². The Morgan fingerprint density at radius 1 is 1.11 bits per heavy atom. The molecule has 28 heavy (non-hydrogen) atoms. The Hall–Kier alpha value is -2.67. The minimum atomic E-state index is -3.73. The third kappa shape index (κ3) is 4.78. The molecule has 6 nitrogen and oxygen atoms in total. The highest BCUT2D eigenvalue weighted by atomic mass is 32.2. The summed E-state index contributed by atoms with van der Waals surface area (Å²) in [5.74, 6) is 0.234. The first-order valence-electron chi connectivity index (χ1n) is 9.12. The minimum Gasteiger partial charge on any atom is -0.342 e. The maximum atomic E-state index is 12.5. The van der Waals surface area contributed by atoms with Crippen molar-refractivity contribution in [1.29, 1.82) is 0 Å². The summed E-state index contributed by atoms with van der Waals surface area (Å²) in [5.41, 5.74) is 2.97. The van der Waals surface area contributed by atoms with Gasteiger partial charge in [0.15, 0.2) is 0 Å². The number of sulfonamides is 1. The molecule has 0 atom stereocenters. The Morgan fingerprint density at radius 2 is 1.75 bits per heavy atom. The number of hydrogen-bond acceptors (Lipinski definition) is 4. The van der Waals surface area contributed by atoms with Crippen LogP contribution in [0.4, 0.5) is 11.4 Å². The molecule has 0 aromatic heterocycles. The number of benzene rings is 2. The van der Waals surface area contributed by atoms with Crippen molar-refractivity contribution in [2.75, 3.05) is 10.6 Å². The SMILES string of the molecule is Cc1cc(C)cc(NC(=O)CC(C)(C)CC2=NS(=O)(=O)c3ccccc3N2)c1. The Balaban J connectivity index is 1.70. The van der Waals surface area contributed by atoms with E-state index in [4.69, 9.17) is 0 Å². The monoisotopic (exact) mass is 399 g/mol. The first kappa shape index (κ1) is 20.1. The molecule has 0 saturated heterocycles. The molecule has 0 spiro atoms. The Kier molecular flexibility index (Phi) is 5.30. The first-order chi connectivity index (χ1) is 13.0. The van der Waals surface area contributed by atoms with E-state index in [1.807, 2.05) is 45.9 Å². The van der Waals surface area contributed by atoms with Crippen LogP contribution in [0.1, 0.15) is 37.8 Å². The number of amides is 1. The van der Waals surface area contributed by atoms with Crippen LogP contribution in [0, 0.1) is 19.3 Å². The van der Waals surface area contributed by atoms with Crippen molar-refractivity contribution in [2.24, 2.45) is 9.81 Å². The van der Waals surface area contributed by atoms with Gasteiger partial charge < -0.3 is 10.6 Å². The van der Waals surface area contributed by atoms with Crippen molar-refractivity contribution >= 4 is 33.1 Å². The molecule has 0 fully saturated rings. The van der Waals surface area contributed by atoms with Gasteiger partial charge in [0.2, 0.25) is 5.91 Å². The fourth-order valence-electron chi connectivity index (χ4n) is 3.45. The summed E-state index contributed by atoms with van der Waals surface area (Å²) in [6.45, 7) is 7.81. The zero-order valence-corrected chi connectivity index (χ0v) is 17.4. The van der Waals surface area contributed by atoms with E-state index < -0.39 is 15.4 Å². The molecule has 1 heterocycles. The largest absolute Gasteiger partial charge is 0.342 e. The Labute approximate surface area is 166 Å². The van der Waals surface area contributed by atoms with Gasteiger partial charge in [0, 0.05) is 18.5 Å². The predicted octanol–water partition coefficient (Wildman–Crippen LogP) is 4.26. The van der Waals surface area contributed by atoms with E-state index in [1.54, 1.807) is 18.2 Å². The Bertz CT molecular complexity index is 1040. The molecule has 1 aliphatic rings. The van der Waals surface area contributed by atoms with Gasteiger partial charge in [-0.15, -0.1) is 4.40 Å². The number of nitrogens with zero attached hydrogens (tertiary/aromatic N) is 1. The second-order valence-electron chi connectivity index (χ2n) is 8.08. The minimum absolute atomic E-state index is 0.116. The molecule has 0 bridgehead atoms. The van der Waals surface area contributed by atoms with Crippen molar-refractivity contribution in [3.8, 4) is 0 Å². The molecule has 2 N–H and O–H groups in total. The number of para-hydroxylation sites is 1. The number of amidine groups is 1. The first-order valence-corrected chi connectivity index (χ1v) is 10.6. The topological polar surface area (TPSA) is 87.6 Å². The molecule has 148 valence electrons. The molecule has 3 rings (SSSR count). The summed E-state index contributed by atoms with van der Waals surface area (Å²) in [5, 5.41) is 6.02. The summed E-state index contributed by atoms with van der Waals surface area (Å²) in [4.78, 5) is 12.7. The summed E-state index contributed by atoms with van der Waals surface area (Å²) < 4.78 is 28.7. The van der Waals surface area contributed by atoms with Crippen molar-refractivity contribution in [1.82, 2.24) is 0 Å². The molecule has 2 aromatic carbocycles. The molecule has 1 aliphatic heterocycles. The molecule has 7 heteroatoms. The van der Waals surface area contributed by atoms with Gasteiger partial charge in [-0.25, -0.2) is 0 Å². The van der Waals surface area contributed by atoms with Gasteiger partial charge in [-0.2, -0.15) is 8.42 Å². The van der Waals surface area contributed by atoms with E-state index in [2.05, 4.69) is 15.0 Å². The smallest absolute Gasteiger partial charge is 0.286 e. The molecular formula is C21H25N3O3S. The lowest BCUT2D eigenvalue weighted by molar-refractivity contribution is -0.117. The van der Waals surface area contributed by atoms with Gasteiger partial charge >= 0.3 is 0 Å². The second-order valence-corrected chi connectivity index (χ2v) is 9.65. The van der Waals surface area contributed by atoms with Crippen molar-refractivity contribution in [3.63, 3.8) is 0 Å². The van der Waals surface area contributed by atoms with Gasteiger partial charge in [0.25, 0.3) is 10.0 Å². The van der Waals surface area contributed by atoms with Gasteiger partial charge in [0.1, 0.15) is 10.7 Å². The van der Waals surface area contributed by atoms with Gasteiger partial charge in [-0.1, -0.05) is 32.0 Å². The van der Waals surface area contributed by atoms with Gasteiger partial charge in [-0.3, -0.25) is 4.79 Å². The highest BCUT2D eigenvalue weighted by Gasteiger charge is 2.30. The van der Waals surface area contributed by atoms with Crippen LogP contribution in [-0.4, -0.2) is 20.2 Å². The number of hydrogen-bond donors (Lipinski definition) is 2. The summed E-state index contributed by atoms with van der Waals surface area (Å²) in [7, 11) is -3.73. The number of nitrogens with one attached hydrogen (secondary N) is 2. The number of anilines is 2. The number of carbonyl (C=O) groups is 1. The summed E-state index contributed by atoms with van der Waals surface area (Å²) >= 11 is 0. The number of aryl methyl sites for hydroxylation is 2. The van der Waals surface area contributed by atoms with Crippen molar-refractivity contribution in [2.45, 2.75) is 45.4 Å². The van der Waals surface area contributed by atoms with Crippen LogP contribution in [0.25, 0.3) is 0 Å². The molecule has 0 unspecified atom stereocenters. The molecule has 0 radical (unpaired) electrons. The lowest BCUT2D eigenvalue weighted by Gasteiger charge is -2.27. The maximum absolute atomic E-state index is 12.5. The van der Waals surface area contributed by atoms with Gasteiger partial charge in [-0.05, 0) is 54.7 Å². The predicted molar refractivity (Wildman–Crippen MR) is 112 cm³/mol. The quantitative estimate of drug-likeness (QED) is 0.786. The standard InChI is InChI=1S/C21H25N3O3S/c1-14-9-15(2)11-16(10-14)22-20(25)13-21(3,4)12-19-23-17-7-5-6-8-18(17)28(26,27)24-19/h5-11H,12-13H2,1-4H3,(H,22,25)(H,23,24). The average Bonchev–Trinajstić information content (AvgIpc) is 2.51. The maximum Gasteiger partial charge on any atom is 0.286 e. The van der Waals surface area contributed by atoms with Crippen LogP contribution in [0.3, 0.4) is 0 Å². The van der Waals surface area contributed by atoms with E-state index in [0.717, 1.165) is 16.8 Å². The van der Waals surface area contributed by atoms with E-state index in [0.29, 0.717) is 17.9 Å². The third-order valence-corrected chi connectivity index (χ3v) is 5.84. The van der Waals surface area contributed by atoms with Gasteiger partial charge in [0.05, 0.1) is 5.69 Å². The second kappa shape index (κ2) is 7.39. The lowest BCUT2D eigenvalue weighted by Crippen LogP contribution is -2.30. The van der Waals surface area contributed by atoms with Crippen molar-refractivity contribution < 1.29 is 13.2 Å². The Morgan fingerprint density at radius 3 is 2.43 bits per heavy atom. The summed E-state index contributed by atoms with van der Waals surface area (Å²) in [6, 6.07) is 12.6. The zero-order valence-electron chi connectivity index (χ0n) is 16.5. The lowest BCUT2D eigenvalue weighted by atomic mass is 9.84. The molecule has 0 saturated carbocycles. The molecular weight excluding hydrogens is 374 g/mol. The zero-order chi connectivity index (χ0) is 20.5. The average molecular weight is 400 g/mol. The van der Waals surface area contributed by atoms with E-state index in [-0.39, 0.29) is 17.2 Å². The van der Waals surface area contributed by atoms with Crippen molar-refractivity contribution in [3.05, 3.63) is 53.6 Å². The van der Waals surface area contributed by atoms with E-state index >= 15 is 0 Å². The normalized spacial score (nSPS) is 15.2. The number of carbonyl (C=O) groups excluding carboxylic acids is 1. The van der Waals surface area contributed by atoms with Crippen LogP contribution in [0.15, 0.2) is 51.8 Å². The van der Waals surface area contributed by atoms with E-state index in [1.165, 1.54) is 6.07 Å². The number of fused-ring (bicyclic) bond motifs is 1.